The summed E-state index contributed by atoms with van der Waals surface area (Å²) in [6.07, 6.45) is 4.72. The fourth-order valence-corrected chi connectivity index (χ4v) is 4.79. The van der Waals surface area contributed by atoms with Gasteiger partial charge in [-0.3, -0.25) is 4.79 Å². The van der Waals surface area contributed by atoms with Crippen molar-refractivity contribution in [2.24, 2.45) is 5.92 Å². The summed E-state index contributed by atoms with van der Waals surface area (Å²) in [5.74, 6) is 1.25. The van der Waals surface area contributed by atoms with Crippen LogP contribution in [0.25, 0.3) is 11.0 Å². The molecule has 1 fully saturated rings. The minimum Gasteiger partial charge on any atom is -0.331 e. The average molecular weight is 444 g/mol. The highest BCUT2D eigenvalue weighted by Gasteiger charge is 2.26. The zero-order valence-corrected chi connectivity index (χ0v) is 19.0. The minimum absolute atomic E-state index is 0.0192. The molecule has 4 rings (SSSR count). The first-order chi connectivity index (χ1) is 14.4. The van der Waals surface area contributed by atoms with Crippen LogP contribution in [0.5, 0.6) is 0 Å². The Balaban J connectivity index is 1.73. The molecule has 1 amide bonds. The minimum atomic E-state index is -0.0192. The van der Waals surface area contributed by atoms with E-state index in [0.29, 0.717) is 40.7 Å². The summed E-state index contributed by atoms with van der Waals surface area (Å²) < 4.78 is 2.33. The number of carbonyl (C=O) groups excluding carboxylic acids is 1. The van der Waals surface area contributed by atoms with Crippen LogP contribution in [-0.4, -0.2) is 26.9 Å². The summed E-state index contributed by atoms with van der Waals surface area (Å²) in [6.45, 7) is 5.36. The van der Waals surface area contributed by atoms with E-state index in [4.69, 9.17) is 28.2 Å². The molecular formula is C24H27Cl2N3O. The van der Waals surface area contributed by atoms with Gasteiger partial charge in [0.1, 0.15) is 5.82 Å². The quantitative estimate of drug-likeness (QED) is 0.422. The SMILES string of the molecule is CC(C)CN(Cc1nc2ccc(Cl)cc2n1C1CCCC1)C(=O)c1cccc(Cl)c1. The maximum absolute atomic E-state index is 13.3. The molecule has 0 spiro atoms. The van der Waals surface area contributed by atoms with E-state index in [0.717, 1.165) is 29.7 Å². The molecule has 4 nitrogen and oxygen atoms in total. The Morgan fingerprint density at radius 2 is 1.87 bits per heavy atom. The molecular weight excluding hydrogens is 417 g/mol. The maximum Gasteiger partial charge on any atom is 0.254 e. The van der Waals surface area contributed by atoms with Gasteiger partial charge in [-0.1, -0.05) is 56.0 Å². The summed E-state index contributed by atoms with van der Waals surface area (Å²) >= 11 is 12.4. The molecule has 1 aliphatic carbocycles. The Bertz CT molecular complexity index is 1050. The monoisotopic (exact) mass is 443 g/mol. The number of amides is 1. The van der Waals surface area contributed by atoms with Crippen molar-refractivity contribution in [3.63, 3.8) is 0 Å². The summed E-state index contributed by atoms with van der Waals surface area (Å²) in [6, 6.07) is 13.4. The second-order valence-corrected chi connectivity index (χ2v) is 9.43. The number of fused-ring (bicyclic) bond motifs is 1. The lowest BCUT2D eigenvalue weighted by molar-refractivity contribution is 0.0715. The first-order valence-electron chi connectivity index (χ1n) is 10.6. The van der Waals surface area contributed by atoms with E-state index in [1.165, 1.54) is 12.8 Å². The molecule has 3 aromatic rings. The van der Waals surface area contributed by atoms with Crippen molar-refractivity contribution >= 4 is 40.1 Å². The average Bonchev–Trinajstić information content (AvgIpc) is 3.33. The van der Waals surface area contributed by atoms with E-state index in [-0.39, 0.29) is 5.91 Å². The summed E-state index contributed by atoms with van der Waals surface area (Å²) in [7, 11) is 0. The topological polar surface area (TPSA) is 38.1 Å². The van der Waals surface area contributed by atoms with Crippen molar-refractivity contribution in [2.45, 2.75) is 52.1 Å². The predicted molar refractivity (Wildman–Crippen MR) is 123 cm³/mol. The van der Waals surface area contributed by atoms with Crippen LogP contribution in [0.15, 0.2) is 42.5 Å². The van der Waals surface area contributed by atoms with Crippen molar-refractivity contribution < 1.29 is 4.79 Å². The second-order valence-electron chi connectivity index (χ2n) is 8.56. The normalized spacial score (nSPS) is 14.7. The van der Waals surface area contributed by atoms with Gasteiger partial charge >= 0.3 is 0 Å². The molecule has 1 aliphatic rings. The van der Waals surface area contributed by atoms with Crippen molar-refractivity contribution in [1.29, 1.82) is 0 Å². The number of halogens is 2. The Morgan fingerprint density at radius 3 is 2.57 bits per heavy atom. The summed E-state index contributed by atoms with van der Waals surface area (Å²) in [5, 5.41) is 1.28. The number of rotatable bonds is 6. The third-order valence-electron chi connectivity index (χ3n) is 5.69. The number of nitrogens with zero attached hydrogens (tertiary/aromatic N) is 3. The van der Waals surface area contributed by atoms with Crippen molar-refractivity contribution in [1.82, 2.24) is 14.5 Å². The predicted octanol–water partition coefficient (Wildman–Crippen LogP) is 6.76. The molecule has 6 heteroatoms. The maximum atomic E-state index is 13.3. The Morgan fingerprint density at radius 1 is 1.13 bits per heavy atom. The molecule has 1 heterocycles. The third-order valence-corrected chi connectivity index (χ3v) is 6.16. The van der Waals surface area contributed by atoms with E-state index in [1.807, 2.05) is 35.2 Å². The van der Waals surface area contributed by atoms with Crippen LogP contribution in [0.3, 0.4) is 0 Å². The highest BCUT2D eigenvalue weighted by atomic mass is 35.5. The number of hydrogen-bond donors (Lipinski definition) is 0. The lowest BCUT2D eigenvalue weighted by atomic mass is 10.1. The lowest BCUT2D eigenvalue weighted by Crippen LogP contribution is -2.35. The molecule has 0 aliphatic heterocycles. The van der Waals surface area contributed by atoms with Gasteiger partial charge in [0.25, 0.3) is 5.91 Å². The van der Waals surface area contributed by atoms with Gasteiger partial charge in [0.05, 0.1) is 17.6 Å². The molecule has 158 valence electrons. The van der Waals surface area contributed by atoms with Crippen molar-refractivity contribution in [2.75, 3.05) is 6.54 Å². The van der Waals surface area contributed by atoms with Gasteiger partial charge in [0.2, 0.25) is 0 Å². The fourth-order valence-electron chi connectivity index (χ4n) is 4.43. The first kappa shape index (κ1) is 21.2. The molecule has 0 radical (unpaired) electrons. The number of hydrogen-bond acceptors (Lipinski definition) is 2. The number of carbonyl (C=O) groups is 1. The molecule has 0 unspecified atom stereocenters. The summed E-state index contributed by atoms with van der Waals surface area (Å²) in [4.78, 5) is 20.2. The van der Waals surface area contributed by atoms with Gasteiger partial charge in [0, 0.05) is 28.2 Å². The zero-order valence-electron chi connectivity index (χ0n) is 17.4. The summed E-state index contributed by atoms with van der Waals surface area (Å²) in [5.41, 5.74) is 2.60. The van der Waals surface area contributed by atoms with Gasteiger partial charge in [-0.2, -0.15) is 0 Å². The van der Waals surface area contributed by atoms with Gasteiger partial charge in [0.15, 0.2) is 0 Å². The van der Waals surface area contributed by atoms with Crippen LogP contribution in [-0.2, 0) is 6.54 Å². The van der Waals surface area contributed by atoms with Gasteiger partial charge in [-0.05, 0) is 55.2 Å². The van der Waals surface area contributed by atoms with Crippen molar-refractivity contribution in [3.05, 3.63) is 63.9 Å². The number of benzene rings is 2. The van der Waals surface area contributed by atoms with E-state index in [2.05, 4.69) is 18.4 Å². The molecule has 0 saturated heterocycles. The molecule has 0 N–H and O–H groups in total. The third kappa shape index (κ3) is 4.50. The van der Waals surface area contributed by atoms with Crippen LogP contribution in [0.2, 0.25) is 10.0 Å². The van der Waals surface area contributed by atoms with Gasteiger partial charge < -0.3 is 9.47 Å². The Hall–Kier alpha value is -2.04. The molecule has 0 bridgehead atoms. The van der Waals surface area contributed by atoms with Gasteiger partial charge in [-0.25, -0.2) is 4.98 Å². The van der Waals surface area contributed by atoms with Crippen molar-refractivity contribution in [3.8, 4) is 0 Å². The van der Waals surface area contributed by atoms with Gasteiger partial charge in [-0.15, -0.1) is 0 Å². The Labute approximate surface area is 187 Å². The van der Waals surface area contributed by atoms with E-state index >= 15 is 0 Å². The van der Waals surface area contributed by atoms with E-state index in [1.54, 1.807) is 12.1 Å². The fraction of sp³-hybridized carbons (Fsp3) is 0.417. The van der Waals surface area contributed by atoms with Crippen LogP contribution in [0, 0.1) is 5.92 Å². The molecule has 1 aromatic heterocycles. The lowest BCUT2D eigenvalue weighted by Gasteiger charge is -2.26. The van der Waals surface area contributed by atoms with E-state index in [9.17, 15) is 4.79 Å². The highest BCUT2D eigenvalue weighted by Crippen LogP contribution is 2.35. The van der Waals surface area contributed by atoms with Crippen LogP contribution in [0.4, 0.5) is 0 Å². The van der Waals surface area contributed by atoms with Crippen LogP contribution < -0.4 is 0 Å². The Kier molecular flexibility index (Phi) is 6.35. The highest BCUT2D eigenvalue weighted by molar-refractivity contribution is 6.31. The zero-order chi connectivity index (χ0) is 21.3. The molecule has 30 heavy (non-hydrogen) atoms. The van der Waals surface area contributed by atoms with E-state index < -0.39 is 0 Å². The first-order valence-corrected chi connectivity index (χ1v) is 11.4. The number of aromatic nitrogens is 2. The van der Waals surface area contributed by atoms with Crippen LogP contribution >= 0.6 is 23.2 Å². The second kappa shape index (κ2) is 8.99. The molecule has 1 saturated carbocycles. The standard InChI is InChI=1S/C24H27Cl2N3O/c1-16(2)14-28(24(30)17-6-5-7-18(25)12-17)15-23-27-21-11-10-19(26)13-22(21)29(23)20-8-3-4-9-20/h5-7,10-13,16,20H,3-4,8-9,14-15H2,1-2H3. The smallest absolute Gasteiger partial charge is 0.254 e. The van der Waals surface area contributed by atoms with Crippen LogP contribution in [0.1, 0.15) is 61.8 Å². The largest absolute Gasteiger partial charge is 0.331 e. The molecule has 2 aromatic carbocycles. The number of imidazole rings is 1. The molecule has 0 atom stereocenters.